The van der Waals surface area contributed by atoms with Gasteiger partial charge in [-0.1, -0.05) is 229 Å². The van der Waals surface area contributed by atoms with E-state index >= 15 is 0 Å². The molecule has 0 aliphatic carbocycles. The predicted octanol–water partition coefficient (Wildman–Crippen LogP) is 19.4. The lowest BCUT2D eigenvalue weighted by Crippen LogP contribution is -2.30. The number of hydrogen-bond acceptors (Lipinski definition) is 6. The number of carbonyl (C=O) groups is 3. The molecule has 0 radical (unpaired) electrons. The van der Waals surface area contributed by atoms with E-state index in [0.29, 0.717) is 19.3 Å². The van der Waals surface area contributed by atoms with Crippen molar-refractivity contribution in [1.82, 2.24) is 0 Å². The van der Waals surface area contributed by atoms with Gasteiger partial charge in [0.05, 0.1) is 0 Å². The van der Waals surface area contributed by atoms with Gasteiger partial charge < -0.3 is 14.2 Å². The van der Waals surface area contributed by atoms with E-state index in [4.69, 9.17) is 14.2 Å². The molecular weight excluding hydrogens is 841 g/mol. The van der Waals surface area contributed by atoms with Crippen molar-refractivity contribution in [2.45, 2.75) is 290 Å². The topological polar surface area (TPSA) is 78.9 Å². The average molecular weight is 950 g/mol. The van der Waals surface area contributed by atoms with Gasteiger partial charge in [-0.15, -0.1) is 0 Å². The van der Waals surface area contributed by atoms with Crippen LogP contribution < -0.4 is 0 Å². The summed E-state index contributed by atoms with van der Waals surface area (Å²) >= 11 is 0. The van der Waals surface area contributed by atoms with Crippen LogP contribution in [-0.2, 0) is 28.6 Å². The molecule has 0 saturated carbocycles. The Morgan fingerprint density at radius 2 is 0.574 bits per heavy atom. The first-order valence-electron chi connectivity index (χ1n) is 28.9. The van der Waals surface area contributed by atoms with Gasteiger partial charge in [0.2, 0.25) is 0 Å². The average Bonchev–Trinajstić information content (AvgIpc) is 3.34. The molecule has 0 aromatic heterocycles. The van der Waals surface area contributed by atoms with Gasteiger partial charge in [0, 0.05) is 19.3 Å². The summed E-state index contributed by atoms with van der Waals surface area (Å²) in [4.78, 5) is 38.2. The maximum absolute atomic E-state index is 12.9. The highest BCUT2D eigenvalue weighted by Gasteiger charge is 2.19. The van der Waals surface area contributed by atoms with E-state index in [9.17, 15) is 14.4 Å². The van der Waals surface area contributed by atoms with Gasteiger partial charge in [0.25, 0.3) is 0 Å². The first-order chi connectivity index (χ1) is 33.5. The Kier molecular flexibility index (Phi) is 53.8. The van der Waals surface area contributed by atoms with Crippen LogP contribution >= 0.6 is 0 Å². The van der Waals surface area contributed by atoms with E-state index in [-0.39, 0.29) is 31.1 Å². The summed E-state index contributed by atoms with van der Waals surface area (Å²) in [5.41, 5.74) is 0. The minimum Gasteiger partial charge on any atom is -0.462 e. The molecule has 0 spiro atoms. The van der Waals surface area contributed by atoms with Crippen molar-refractivity contribution in [3.05, 3.63) is 72.9 Å². The van der Waals surface area contributed by atoms with Crippen molar-refractivity contribution in [3.8, 4) is 0 Å². The summed E-state index contributed by atoms with van der Waals surface area (Å²) in [6, 6.07) is 0. The quantitative estimate of drug-likeness (QED) is 0.0262. The smallest absolute Gasteiger partial charge is 0.306 e. The van der Waals surface area contributed by atoms with E-state index in [0.717, 1.165) is 89.9 Å². The maximum Gasteiger partial charge on any atom is 0.306 e. The molecule has 0 amide bonds. The van der Waals surface area contributed by atoms with Crippen LogP contribution in [0, 0.1) is 0 Å². The third-order valence-electron chi connectivity index (χ3n) is 12.4. The van der Waals surface area contributed by atoms with Crippen LogP contribution in [0.3, 0.4) is 0 Å². The highest BCUT2D eigenvalue weighted by atomic mass is 16.6. The van der Waals surface area contributed by atoms with Gasteiger partial charge in [0.15, 0.2) is 6.10 Å². The Labute approximate surface area is 421 Å². The maximum atomic E-state index is 12.9. The molecule has 0 bridgehead atoms. The second-order valence-electron chi connectivity index (χ2n) is 19.2. The lowest BCUT2D eigenvalue weighted by molar-refractivity contribution is -0.167. The van der Waals surface area contributed by atoms with Gasteiger partial charge in [0.1, 0.15) is 13.2 Å². The van der Waals surface area contributed by atoms with Crippen molar-refractivity contribution in [2.75, 3.05) is 13.2 Å². The Bertz CT molecular complexity index is 1270. The minimum absolute atomic E-state index is 0.0889. The molecule has 0 aliphatic rings. The molecule has 0 rings (SSSR count). The van der Waals surface area contributed by atoms with Crippen LogP contribution in [0.2, 0.25) is 0 Å². The lowest BCUT2D eigenvalue weighted by Gasteiger charge is -2.18. The third-order valence-corrected chi connectivity index (χ3v) is 12.4. The van der Waals surface area contributed by atoms with Crippen molar-refractivity contribution in [2.24, 2.45) is 0 Å². The predicted molar refractivity (Wildman–Crippen MR) is 293 cm³/mol. The lowest BCUT2D eigenvalue weighted by atomic mass is 10.1. The zero-order valence-corrected chi connectivity index (χ0v) is 44.9. The van der Waals surface area contributed by atoms with Gasteiger partial charge in [-0.05, 0) is 109 Å². The molecule has 0 N–H and O–H groups in total. The molecule has 6 nitrogen and oxygen atoms in total. The third kappa shape index (κ3) is 53.8. The number of unbranched alkanes of at least 4 members (excludes halogenated alkanes) is 29. The molecule has 0 fully saturated rings. The first kappa shape index (κ1) is 64.8. The molecule has 392 valence electrons. The van der Waals surface area contributed by atoms with Crippen LogP contribution in [0.1, 0.15) is 284 Å². The molecule has 0 heterocycles. The Balaban J connectivity index is 4.43. The number of rotatable bonds is 52. The van der Waals surface area contributed by atoms with E-state index in [2.05, 4.69) is 93.7 Å². The summed E-state index contributed by atoms with van der Waals surface area (Å²) in [5, 5.41) is 0. The van der Waals surface area contributed by atoms with E-state index in [1.165, 1.54) is 154 Å². The van der Waals surface area contributed by atoms with E-state index in [1.54, 1.807) is 0 Å². The summed E-state index contributed by atoms with van der Waals surface area (Å²) in [6.07, 6.45) is 71.7. The fourth-order valence-electron chi connectivity index (χ4n) is 8.07. The molecule has 0 aromatic carbocycles. The number of esters is 3. The zero-order valence-electron chi connectivity index (χ0n) is 44.9. The van der Waals surface area contributed by atoms with Crippen molar-refractivity contribution >= 4 is 17.9 Å². The molecule has 6 heteroatoms. The Morgan fingerprint density at radius 3 is 0.926 bits per heavy atom. The summed E-state index contributed by atoms with van der Waals surface area (Å²) in [5.74, 6) is -0.921. The molecule has 0 aliphatic heterocycles. The summed E-state index contributed by atoms with van der Waals surface area (Å²) in [7, 11) is 0. The monoisotopic (exact) mass is 949 g/mol. The fraction of sp³-hybridized carbons (Fsp3) is 0.758. The molecular formula is C62H108O6. The second-order valence-corrected chi connectivity index (χ2v) is 19.2. The molecule has 68 heavy (non-hydrogen) atoms. The largest absolute Gasteiger partial charge is 0.462 e. The summed E-state index contributed by atoms with van der Waals surface area (Å²) in [6.45, 7) is 6.50. The van der Waals surface area contributed by atoms with Crippen molar-refractivity contribution in [1.29, 1.82) is 0 Å². The highest BCUT2D eigenvalue weighted by molar-refractivity contribution is 5.71. The molecule has 0 aromatic rings. The van der Waals surface area contributed by atoms with Gasteiger partial charge >= 0.3 is 17.9 Å². The van der Waals surface area contributed by atoms with Crippen LogP contribution in [-0.4, -0.2) is 37.2 Å². The van der Waals surface area contributed by atoms with E-state index < -0.39 is 6.10 Å². The highest BCUT2D eigenvalue weighted by Crippen LogP contribution is 2.15. The van der Waals surface area contributed by atoms with Gasteiger partial charge in [-0.2, -0.15) is 0 Å². The number of hydrogen-bond donors (Lipinski definition) is 0. The van der Waals surface area contributed by atoms with E-state index in [1.807, 2.05) is 0 Å². The standard InChI is InChI=1S/C62H108O6/c1-4-7-10-13-16-19-22-25-28-31-34-37-40-43-46-49-52-55-61(64)67-58-59(57-66-60(63)54-51-48-45-42-39-36-33-30-27-24-21-18-15-12-9-6-3)68-62(65)56-53-50-47-44-41-38-35-32-29-26-23-20-17-14-11-8-5-2/h9,12,18,21,25-30,36,39,59H,4-8,10-11,13-17,19-20,22-24,31-35,37-38,40-58H2,1-3H3/b12-9-,21-18-,28-25-,29-26-,30-27-,39-36-. The fourth-order valence-corrected chi connectivity index (χ4v) is 8.07. The zero-order chi connectivity index (χ0) is 49.3. The summed E-state index contributed by atoms with van der Waals surface area (Å²) < 4.78 is 16.8. The van der Waals surface area contributed by atoms with Crippen LogP contribution in [0.4, 0.5) is 0 Å². The molecule has 1 unspecified atom stereocenters. The number of carbonyl (C=O) groups excluding carboxylic acids is 3. The molecule has 1 atom stereocenters. The van der Waals surface area contributed by atoms with Crippen molar-refractivity contribution < 1.29 is 28.6 Å². The molecule has 0 saturated heterocycles. The van der Waals surface area contributed by atoms with Crippen molar-refractivity contribution in [3.63, 3.8) is 0 Å². The van der Waals surface area contributed by atoms with Crippen LogP contribution in [0.25, 0.3) is 0 Å². The Morgan fingerprint density at radius 1 is 0.309 bits per heavy atom. The van der Waals surface area contributed by atoms with Gasteiger partial charge in [-0.25, -0.2) is 0 Å². The first-order valence-corrected chi connectivity index (χ1v) is 28.9. The number of ether oxygens (including phenoxy) is 3. The number of allylic oxidation sites excluding steroid dienone is 12. The second kappa shape index (κ2) is 56.4. The van der Waals surface area contributed by atoms with Crippen LogP contribution in [0.5, 0.6) is 0 Å². The SMILES string of the molecule is CC/C=C\C/C=C\C/C=C\C/C=C\CCCCCC(=O)OCC(COC(=O)CCCCCCCCC/C=C\CCCCCCCC)OC(=O)CCCCCCCCC/C=C\CCCCCCCC. The van der Waals surface area contributed by atoms with Gasteiger partial charge in [-0.3, -0.25) is 14.4 Å². The minimum atomic E-state index is -0.793. The normalized spacial score (nSPS) is 12.6. The van der Waals surface area contributed by atoms with Crippen LogP contribution in [0.15, 0.2) is 72.9 Å². The Hall–Kier alpha value is -3.15.